The van der Waals surface area contributed by atoms with Crippen molar-refractivity contribution in [3.63, 3.8) is 0 Å². The summed E-state index contributed by atoms with van der Waals surface area (Å²) in [4.78, 5) is 18.0. The van der Waals surface area contributed by atoms with Crippen molar-refractivity contribution >= 4 is 16.9 Å². The molecule has 0 unspecified atom stereocenters. The highest BCUT2D eigenvalue weighted by atomic mass is 16.3. The molecule has 0 amide bonds. The Bertz CT molecular complexity index is 870. The highest BCUT2D eigenvalue weighted by Gasteiger charge is 2.19. The van der Waals surface area contributed by atoms with Crippen LogP contribution in [0.15, 0.2) is 30.7 Å². The number of aromatic nitrogens is 5. The molecule has 0 saturated carbocycles. The van der Waals surface area contributed by atoms with Gasteiger partial charge < -0.3 is 14.9 Å². The summed E-state index contributed by atoms with van der Waals surface area (Å²) in [6.45, 7) is 4.40. The van der Waals surface area contributed by atoms with Gasteiger partial charge in [-0.3, -0.25) is 4.98 Å². The lowest BCUT2D eigenvalue weighted by atomic mass is 10.3. The summed E-state index contributed by atoms with van der Waals surface area (Å²) in [7, 11) is 2.14. The topological polar surface area (TPSA) is 83.2 Å². The Morgan fingerprint density at radius 1 is 1.08 bits per heavy atom. The predicted molar refractivity (Wildman–Crippen MR) is 94.3 cm³/mol. The largest absolute Gasteiger partial charge is 0.390 e. The maximum Gasteiger partial charge on any atom is 0.163 e. The maximum absolute atomic E-state index is 9.24. The number of nitrogens with zero attached hydrogens (tertiary/aromatic N) is 7. The van der Waals surface area contributed by atoms with Gasteiger partial charge in [-0.2, -0.15) is 5.10 Å². The van der Waals surface area contributed by atoms with Gasteiger partial charge in [0.05, 0.1) is 36.1 Å². The van der Waals surface area contributed by atoms with E-state index in [0.717, 1.165) is 48.7 Å². The zero-order valence-corrected chi connectivity index (χ0v) is 14.2. The van der Waals surface area contributed by atoms with Crippen LogP contribution in [0.3, 0.4) is 0 Å². The second-order valence-corrected chi connectivity index (χ2v) is 6.31. The maximum atomic E-state index is 9.24. The van der Waals surface area contributed by atoms with Gasteiger partial charge in [0.2, 0.25) is 0 Å². The van der Waals surface area contributed by atoms with E-state index < -0.39 is 0 Å². The molecule has 1 saturated heterocycles. The lowest BCUT2D eigenvalue weighted by molar-refractivity contribution is 0.276. The average molecular weight is 339 g/mol. The minimum Gasteiger partial charge on any atom is -0.390 e. The Hall–Kier alpha value is -2.58. The van der Waals surface area contributed by atoms with Crippen LogP contribution in [0, 0.1) is 0 Å². The Balaban J connectivity index is 1.64. The molecule has 25 heavy (non-hydrogen) atoms. The summed E-state index contributed by atoms with van der Waals surface area (Å²) < 4.78 is 1.83. The lowest BCUT2D eigenvalue weighted by Crippen LogP contribution is -2.44. The van der Waals surface area contributed by atoms with E-state index in [1.54, 1.807) is 12.4 Å². The van der Waals surface area contributed by atoms with Gasteiger partial charge in [-0.25, -0.2) is 14.6 Å². The SMILES string of the molecule is CN1CCN(c2ncnc3c2cnn3Cc2cccc(CO)n2)CC1. The van der Waals surface area contributed by atoms with E-state index in [9.17, 15) is 5.11 Å². The van der Waals surface area contributed by atoms with Gasteiger partial charge in [0.25, 0.3) is 0 Å². The number of piperazine rings is 1. The van der Waals surface area contributed by atoms with Gasteiger partial charge in [0, 0.05) is 26.2 Å². The number of pyridine rings is 1. The molecule has 1 aliphatic rings. The summed E-state index contributed by atoms with van der Waals surface area (Å²) in [6, 6.07) is 5.62. The third kappa shape index (κ3) is 3.18. The first-order chi connectivity index (χ1) is 12.2. The second kappa shape index (κ2) is 6.73. The molecule has 0 radical (unpaired) electrons. The number of likely N-dealkylation sites (N-methyl/N-ethyl adjacent to an activating group) is 1. The van der Waals surface area contributed by atoms with E-state index in [1.165, 1.54) is 0 Å². The van der Waals surface area contributed by atoms with Gasteiger partial charge in [0.1, 0.15) is 12.1 Å². The molecule has 0 aliphatic carbocycles. The molecular formula is C17H21N7O. The van der Waals surface area contributed by atoms with Crippen molar-refractivity contribution in [3.05, 3.63) is 42.1 Å². The monoisotopic (exact) mass is 339 g/mol. The van der Waals surface area contributed by atoms with E-state index >= 15 is 0 Å². The molecule has 130 valence electrons. The first kappa shape index (κ1) is 15.9. The number of anilines is 1. The zero-order chi connectivity index (χ0) is 17.2. The van der Waals surface area contributed by atoms with Gasteiger partial charge in [-0.15, -0.1) is 0 Å². The zero-order valence-electron chi connectivity index (χ0n) is 14.2. The van der Waals surface area contributed by atoms with Crippen LogP contribution >= 0.6 is 0 Å². The first-order valence-electron chi connectivity index (χ1n) is 8.40. The van der Waals surface area contributed by atoms with E-state index in [2.05, 4.69) is 36.9 Å². The molecule has 1 fully saturated rings. The van der Waals surface area contributed by atoms with Gasteiger partial charge in [-0.1, -0.05) is 6.07 Å². The highest BCUT2D eigenvalue weighted by molar-refractivity contribution is 5.86. The van der Waals surface area contributed by atoms with E-state index in [0.29, 0.717) is 12.2 Å². The quantitative estimate of drug-likeness (QED) is 0.741. The van der Waals surface area contributed by atoms with Crippen LogP contribution in [0.2, 0.25) is 0 Å². The van der Waals surface area contributed by atoms with Crippen LogP contribution in [-0.2, 0) is 13.2 Å². The summed E-state index contributed by atoms with van der Waals surface area (Å²) in [6.07, 6.45) is 3.44. The highest BCUT2D eigenvalue weighted by Crippen LogP contribution is 2.23. The number of fused-ring (bicyclic) bond motifs is 1. The Kier molecular flexibility index (Phi) is 4.29. The van der Waals surface area contributed by atoms with Crippen LogP contribution in [0.25, 0.3) is 11.0 Å². The summed E-state index contributed by atoms with van der Waals surface area (Å²) in [5.74, 6) is 0.946. The molecule has 1 N–H and O–H groups in total. The van der Waals surface area contributed by atoms with Crippen LogP contribution in [0.1, 0.15) is 11.4 Å². The van der Waals surface area contributed by atoms with Crippen LogP contribution in [0.4, 0.5) is 5.82 Å². The van der Waals surface area contributed by atoms with Crippen molar-refractivity contribution in [1.29, 1.82) is 0 Å². The van der Waals surface area contributed by atoms with Crippen molar-refractivity contribution in [2.75, 3.05) is 38.1 Å². The third-order valence-electron chi connectivity index (χ3n) is 4.55. The first-order valence-corrected chi connectivity index (χ1v) is 8.40. The van der Waals surface area contributed by atoms with Gasteiger partial charge >= 0.3 is 0 Å². The number of rotatable bonds is 4. The molecule has 4 rings (SSSR count). The number of aliphatic hydroxyl groups is 1. The Morgan fingerprint density at radius 2 is 1.88 bits per heavy atom. The van der Waals surface area contributed by atoms with E-state index in [-0.39, 0.29) is 6.61 Å². The van der Waals surface area contributed by atoms with Crippen LogP contribution < -0.4 is 4.90 Å². The fourth-order valence-electron chi connectivity index (χ4n) is 3.13. The minimum absolute atomic E-state index is 0.0661. The summed E-state index contributed by atoms with van der Waals surface area (Å²) in [5.41, 5.74) is 2.30. The number of hydrogen-bond donors (Lipinski definition) is 1. The van der Waals surface area contributed by atoms with Crippen molar-refractivity contribution in [2.24, 2.45) is 0 Å². The fraction of sp³-hybridized carbons (Fsp3) is 0.412. The normalized spacial score (nSPS) is 15.8. The number of aliphatic hydroxyl groups excluding tert-OH is 1. The lowest BCUT2D eigenvalue weighted by Gasteiger charge is -2.33. The van der Waals surface area contributed by atoms with Crippen LogP contribution in [-0.4, -0.2) is 68.0 Å². The van der Waals surface area contributed by atoms with Gasteiger partial charge in [0.15, 0.2) is 5.65 Å². The fourth-order valence-corrected chi connectivity index (χ4v) is 3.13. The molecule has 8 heteroatoms. The summed E-state index contributed by atoms with van der Waals surface area (Å²) >= 11 is 0. The van der Waals surface area contributed by atoms with Gasteiger partial charge in [-0.05, 0) is 19.2 Å². The minimum atomic E-state index is -0.0661. The summed E-state index contributed by atoms with van der Waals surface area (Å²) in [5, 5.41) is 14.7. The number of hydrogen-bond acceptors (Lipinski definition) is 7. The second-order valence-electron chi connectivity index (χ2n) is 6.31. The van der Waals surface area contributed by atoms with Crippen molar-refractivity contribution in [2.45, 2.75) is 13.2 Å². The van der Waals surface area contributed by atoms with E-state index in [1.807, 2.05) is 23.0 Å². The smallest absolute Gasteiger partial charge is 0.163 e. The Morgan fingerprint density at radius 3 is 2.68 bits per heavy atom. The van der Waals surface area contributed by atoms with E-state index in [4.69, 9.17) is 0 Å². The van der Waals surface area contributed by atoms with Crippen molar-refractivity contribution < 1.29 is 5.11 Å². The average Bonchev–Trinajstić information content (AvgIpc) is 3.06. The molecular weight excluding hydrogens is 318 g/mol. The molecule has 0 aromatic carbocycles. The molecule has 3 aromatic rings. The van der Waals surface area contributed by atoms with Crippen LogP contribution in [0.5, 0.6) is 0 Å². The van der Waals surface area contributed by atoms with Crippen molar-refractivity contribution in [1.82, 2.24) is 29.6 Å². The third-order valence-corrected chi connectivity index (χ3v) is 4.55. The van der Waals surface area contributed by atoms with Crippen molar-refractivity contribution in [3.8, 4) is 0 Å². The molecule has 4 heterocycles. The molecule has 0 bridgehead atoms. The molecule has 8 nitrogen and oxygen atoms in total. The predicted octanol–water partition coefficient (Wildman–Crippen LogP) is 0.514. The Labute approximate surface area is 145 Å². The molecule has 0 spiro atoms. The molecule has 3 aromatic heterocycles. The molecule has 0 atom stereocenters. The molecule has 1 aliphatic heterocycles. The standard InChI is InChI=1S/C17H21N7O/c1-22-5-7-23(8-6-22)16-15-9-20-24(17(15)19-12-18-16)10-13-3-2-4-14(11-25)21-13/h2-4,9,12,25H,5-8,10-11H2,1H3.